The van der Waals surface area contributed by atoms with Crippen LogP contribution in [0.3, 0.4) is 0 Å². The molecule has 2 aliphatic rings. The van der Waals surface area contributed by atoms with Gasteiger partial charge < -0.3 is 15.0 Å². The highest BCUT2D eigenvalue weighted by Crippen LogP contribution is 2.44. The zero-order valence-electron chi connectivity index (χ0n) is 19.0. The monoisotopic (exact) mass is 453 g/mol. The molecule has 0 spiro atoms. The maximum absolute atomic E-state index is 15.1. The third kappa shape index (κ3) is 4.26. The zero-order chi connectivity index (χ0) is 23.0. The second kappa shape index (κ2) is 8.62. The Morgan fingerprint density at radius 1 is 1.31 bits per heavy atom. The SMILES string of the molecule is CCN1c2cc(F)c(/C=C3/SC(=Nc4ccc(OC)cc4)NC3=O)cc2C(C)CC1(C)C. The van der Waals surface area contributed by atoms with E-state index >= 15 is 4.39 Å². The number of benzene rings is 2. The molecule has 1 N–H and O–H groups in total. The molecular formula is C25H28FN3O2S. The number of nitrogens with zero attached hydrogens (tertiary/aromatic N) is 2. The van der Waals surface area contributed by atoms with Gasteiger partial charge in [0.15, 0.2) is 5.17 Å². The zero-order valence-corrected chi connectivity index (χ0v) is 19.8. The third-order valence-corrected chi connectivity index (χ3v) is 6.97. The normalized spacial score (nSPS) is 22.2. The van der Waals surface area contributed by atoms with Crippen LogP contribution in [0, 0.1) is 5.82 Å². The number of ether oxygens (including phenoxy) is 1. The number of aliphatic imine (C=N–C) groups is 1. The van der Waals surface area contributed by atoms with Crippen LogP contribution in [0.15, 0.2) is 46.3 Å². The Bertz CT molecular complexity index is 1110. The molecule has 4 rings (SSSR count). The van der Waals surface area contributed by atoms with Crippen LogP contribution in [0.5, 0.6) is 5.75 Å². The largest absolute Gasteiger partial charge is 0.497 e. The Labute approximate surface area is 192 Å². The number of methoxy groups -OCH3 is 1. The van der Waals surface area contributed by atoms with Gasteiger partial charge in [-0.25, -0.2) is 9.38 Å². The van der Waals surface area contributed by atoms with Crippen molar-refractivity contribution in [1.29, 1.82) is 0 Å². The second-order valence-corrected chi connectivity index (χ2v) is 9.80. The lowest BCUT2D eigenvalue weighted by Gasteiger charge is -2.47. The molecule has 2 aliphatic heterocycles. The average Bonchev–Trinajstić information content (AvgIpc) is 3.08. The third-order valence-electron chi connectivity index (χ3n) is 6.06. The molecule has 0 saturated carbocycles. The molecule has 1 saturated heterocycles. The number of thioether (sulfide) groups is 1. The van der Waals surface area contributed by atoms with Gasteiger partial charge in [-0.1, -0.05) is 6.92 Å². The summed E-state index contributed by atoms with van der Waals surface area (Å²) in [5.41, 5.74) is 3.17. The number of fused-ring (bicyclic) bond motifs is 1. The minimum Gasteiger partial charge on any atom is -0.497 e. The molecule has 0 bridgehead atoms. The van der Waals surface area contributed by atoms with Crippen LogP contribution in [0.25, 0.3) is 6.08 Å². The number of hydrogen-bond donors (Lipinski definition) is 1. The molecule has 1 unspecified atom stereocenters. The van der Waals surface area contributed by atoms with Gasteiger partial charge in [0, 0.05) is 23.3 Å². The van der Waals surface area contributed by atoms with Crippen molar-refractivity contribution in [2.45, 2.75) is 45.6 Å². The van der Waals surface area contributed by atoms with E-state index in [1.54, 1.807) is 19.3 Å². The molecule has 2 aromatic rings. The molecule has 5 nitrogen and oxygen atoms in total. The number of nitrogens with one attached hydrogen (secondary N) is 1. The Kier molecular flexibility index (Phi) is 6.03. The van der Waals surface area contributed by atoms with Gasteiger partial charge in [0.1, 0.15) is 11.6 Å². The summed E-state index contributed by atoms with van der Waals surface area (Å²) in [5, 5.41) is 3.23. The van der Waals surface area contributed by atoms with Gasteiger partial charge in [-0.05, 0) is 92.9 Å². The van der Waals surface area contributed by atoms with Crippen molar-refractivity contribution >= 4 is 40.3 Å². The van der Waals surface area contributed by atoms with Crippen LogP contribution in [0.1, 0.15) is 51.2 Å². The van der Waals surface area contributed by atoms with Gasteiger partial charge in [0.05, 0.1) is 17.7 Å². The number of halogens is 1. The summed E-state index contributed by atoms with van der Waals surface area (Å²) in [6.45, 7) is 9.49. The standard InChI is InChI=1S/C25H28FN3O2S/c1-6-29-21-13-20(26)16(11-19(21)15(2)14-25(29,3)4)12-22-23(30)28-24(32-22)27-17-7-9-18(31-5)10-8-17/h7-13,15H,6,14H2,1-5H3,(H,27,28,30)/b22-12+. The van der Waals surface area contributed by atoms with Crippen LogP contribution < -0.4 is 15.0 Å². The fourth-order valence-corrected chi connectivity index (χ4v) is 5.46. The quantitative estimate of drug-likeness (QED) is 0.591. The molecule has 32 heavy (non-hydrogen) atoms. The smallest absolute Gasteiger partial charge is 0.264 e. The summed E-state index contributed by atoms with van der Waals surface area (Å²) in [6, 6.07) is 10.8. The van der Waals surface area contributed by atoms with Crippen molar-refractivity contribution in [3.05, 3.63) is 58.2 Å². The summed E-state index contributed by atoms with van der Waals surface area (Å²) in [5.74, 6) is 0.440. The van der Waals surface area contributed by atoms with E-state index in [4.69, 9.17) is 4.74 Å². The van der Waals surface area contributed by atoms with Crippen LogP contribution in [0.2, 0.25) is 0 Å². The first-order valence-corrected chi connectivity index (χ1v) is 11.6. The average molecular weight is 454 g/mol. The van der Waals surface area contributed by atoms with Gasteiger partial charge in [-0.3, -0.25) is 4.79 Å². The Balaban J connectivity index is 1.63. The van der Waals surface area contributed by atoms with Crippen molar-refractivity contribution in [3.8, 4) is 5.75 Å². The van der Waals surface area contributed by atoms with Crippen LogP contribution in [0.4, 0.5) is 15.8 Å². The molecule has 2 aromatic carbocycles. The lowest BCUT2D eigenvalue weighted by molar-refractivity contribution is -0.115. The number of hydrogen-bond acceptors (Lipinski definition) is 5. The fourth-order valence-electron chi connectivity index (χ4n) is 4.63. The van der Waals surface area contributed by atoms with E-state index in [0.717, 1.165) is 30.0 Å². The number of carbonyl (C=O) groups excluding carboxylic acids is 1. The molecule has 0 aliphatic carbocycles. The number of rotatable bonds is 4. The molecular weight excluding hydrogens is 425 g/mol. The molecule has 1 amide bonds. The van der Waals surface area contributed by atoms with Gasteiger partial charge in [-0.2, -0.15) is 0 Å². The van der Waals surface area contributed by atoms with Crippen molar-refractivity contribution < 1.29 is 13.9 Å². The predicted molar refractivity (Wildman–Crippen MR) is 130 cm³/mol. The Morgan fingerprint density at radius 3 is 2.69 bits per heavy atom. The second-order valence-electron chi connectivity index (χ2n) is 8.77. The summed E-state index contributed by atoms with van der Waals surface area (Å²) >= 11 is 1.21. The highest BCUT2D eigenvalue weighted by molar-refractivity contribution is 8.18. The van der Waals surface area contributed by atoms with E-state index in [1.165, 1.54) is 11.8 Å². The Hall–Kier alpha value is -2.80. The van der Waals surface area contributed by atoms with E-state index < -0.39 is 0 Å². The van der Waals surface area contributed by atoms with Crippen molar-refractivity contribution in [1.82, 2.24) is 5.32 Å². The maximum Gasteiger partial charge on any atom is 0.264 e. The minimum absolute atomic E-state index is 0.0262. The lowest BCUT2D eigenvalue weighted by Crippen LogP contribution is -2.48. The highest BCUT2D eigenvalue weighted by atomic mass is 32.2. The molecule has 0 aromatic heterocycles. The van der Waals surface area contributed by atoms with Gasteiger partial charge in [0.2, 0.25) is 0 Å². The number of amidine groups is 1. The first-order chi connectivity index (χ1) is 15.2. The van der Waals surface area contributed by atoms with Crippen molar-refractivity contribution in [2.75, 3.05) is 18.6 Å². The van der Waals surface area contributed by atoms with Gasteiger partial charge >= 0.3 is 0 Å². The van der Waals surface area contributed by atoms with Crippen LogP contribution >= 0.6 is 11.8 Å². The summed E-state index contributed by atoms with van der Waals surface area (Å²) in [7, 11) is 1.60. The van der Waals surface area contributed by atoms with Gasteiger partial charge in [-0.15, -0.1) is 0 Å². The lowest BCUT2D eigenvalue weighted by atomic mass is 9.79. The summed E-state index contributed by atoms with van der Waals surface area (Å²) in [6.07, 6.45) is 2.61. The molecule has 1 atom stereocenters. The van der Waals surface area contributed by atoms with Crippen LogP contribution in [-0.2, 0) is 4.79 Å². The van der Waals surface area contributed by atoms with Crippen molar-refractivity contribution in [2.24, 2.45) is 4.99 Å². The first kappa shape index (κ1) is 22.4. The molecule has 2 heterocycles. The predicted octanol–water partition coefficient (Wildman–Crippen LogP) is 5.84. The summed E-state index contributed by atoms with van der Waals surface area (Å²) in [4.78, 5) is 19.7. The van der Waals surface area contributed by atoms with E-state index in [-0.39, 0.29) is 17.3 Å². The number of amides is 1. The fraction of sp³-hybridized carbons (Fsp3) is 0.360. The van der Waals surface area contributed by atoms with Crippen molar-refractivity contribution in [3.63, 3.8) is 0 Å². The van der Waals surface area contributed by atoms with E-state index in [1.807, 2.05) is 30.3 Å². The number of carbonyl (C=O) groups is 1. The molecule has 168 valence electrons. The minimum atomic E-state index is -0.325. The van der Waals surface area contributed by atoms with Gasteiger partial charge in [0.25, 0.3) is 5.91 Å². The summed E-state index contributed by atoms with van der Waals surface area (Å²) < 4.78 is 20.3. The van der Waals surface area contributed by atoms with E-state index in [0.29, 0.717) is 27.2 Å². The van der Waals surface area contributed by atoms with E-state index in [2.05, 4.69) is 42.9 Å². The Morgan fingerprint density at radius 2 is 2.03 bits per heavy atom. The number of anilines is 1. The molecule has 1 fully saturated rings. The first-order valence-electron chi connectivity index (χ1n) is 10.8. The maximum atomic E-state index is 15.1. The highest BCUT2D eigenvalue weighted by Gasteiger charge is 2.36. The van der Waals surface area contributed by atoms with Crippen LogP contribution in [-0.4, -0.2) is 30.3 Å². The van der Waals surface area contributed by atoms with E-state index in [9.17, 15) is 4.79 Å². The molecule has 0 radical (unpaired) electrons. The molecule has 7 heteroatoms. The topological polar surface area (TPSA) is 53.9 Å².